The van der Waals surface area contributed by atoms with Gasteiger partial charge in [-0.1, -0.05) is 31.6 Å². The molecule has 3 fully saturated rings. The third kappa shape index (κ3) is 6.01. The molecule has 1 amide bonds. The molecule has 0 spiro atoms. The molecule has 3 saturated carbocycles. The number of Topliss-reactive ketones (excluding diaryl/α,β-unsaturated/α-hetero) is 2. The molecule has 0 saturated heterocycles. The number of fused-ring (bicyclic) bond motifs is 5. The third-order valence-corrected chi connectivity index (χ3v) is 11.4. The number of carbonyl (C=O) groups excluding carboxylic acids is 6. The Labute approximate surface area is 268 Å². The summed E-state index contributed by atoms with van der Waals surface area (Å²) in [7, 11) is 1.19. The number of rotatable bonds is 10. The zero-order valence-electron chi connectivity index (χ0n) is 26.6. The number of esters is 2. The second-order valence-corrected chi connectivity index (χ2v) is 13.9. The molecule has 0 aromatic heterocycles. The highest BCUT2D eigenvalue weighted by atomic mass is 16.5. The van der Waals surface area contributed by atoms with Gasteiger partial charge in [0.25, 0.3) is 0 Å². The summed E-state index contributed by atoms with van der Waals surface area (Å²) in [6.45, 7) is 3.21. The first-order chi connectivity index (χ1) is 21.7. The van der Waals surface area contributed by atoms with Crippen molar-refractivity contribution in [3.63, 3.8) is 0 Å². The molecule has 0 unspecified atom stereocenters. The molecule has 46 heavy (non-hydrogen) atoms. The van der Waals surface area contributed by atoms with E-state index in [9.17, 15) is 39.0 Å². The van der Waals surface area contributed by atoms with Gasteiger partial charge in [0.2, 0.25) is 11.7 Å². The van der Waals surface area contributed by atoms with Crippen molar-refractivity contribution >= 4 is 35.2 Å². The Morgan fingerprint density at radius 1 is 1.02 bits per heavy atom. The number of methoxy groups -OCH3 is 1. The van der Waals surface area contributed by atoms with Crippen LogP contribution >= 0.6 is 0 Å². The molecular formula is C35H43NO10. The van der Waals surface area contributed by atoms with Crippen LogP contribution in [0.1, 0.15) is 77.2 Å². The molecule has 1 aromatic rings. The number of phenolic OH excluding ortho intramolecular Hbond substituents is 1. The normalized spacial score (nSPS) is 32.3. The van der Waals surface area contributed by atoms with Gasteiger partial charge in [-0.15, -0.1) is 0 Å². The molecule has 248 valence electrons. The number of allylic oxidation sites excluding steroid dienone is 1. The van der Waals surface area contributed by atoms with Gasteiger partial charge >= 0.3 is 11.9 Å². The zero-order chi connectivity index (χ0) is 33.4. The Morgan fingerprint density at radius 3 is 2.43 bits per heavy atom. The zero-order valence-corrected chi connectivity index (χ0v) is 26.6. The SMILES string of the molecule is COC(=O)[C@H](Cc1ccc(O)cc1)NC(=O)CCC(=O)OCC(=O)[C@@]1(O)CC[C@H]2[C@H]3CCC4=CC(=O)CC[C@]4(C)[C@H]3C(=O)C[C@]21C. The van der Waals surface area contributed by atoms with Gasteiger partial charge < -0.3 is 25.0 Å². The number of nitrogens with one attached hydrogen (secondary N) is 1. The van der Waals surface area contributed by atoms with Crippen molar-refractivity contribution in [1.29, 1.82) is 0 Å². The van der Waals surface area contributed by atoms with Gasteiger partial charge in [-0.3, -0.25) is 24.0 Å². The van der Waals surface area contributed by atoms with Crippen LogP contribution in [0.3, 0.4) is 0 Å². The summed E-state index contributed by atoms with van der Waals surface area (Å²) in [4.78, 5) is 76.7. The van der Waals surface area contributed by atoms with Gasteiger partial charge in [-0.2, -0.15) is 0 Å². The molecule has 7 atom stereocenters. The molecule has 1 aromatic carbocycles. The number of carbonyl (C=O) groups is 6. The average molecular weight is 638 g/mol. The van der Waals surface area contributed by atoms with Crippen LogP contribution in [0, 0.1) is 28.6 Å². The minimum Gasteiger partial charge on any atom is -0.508 e. The lowest BCUT2D eigenvalue weighted by atomic mass is 9.46. The summed E-state index contributed by atoms with van der Waals surface area (Å²) >= 11 is 0. The number of aliphatic hydroxyl groups is 1. The van der Waals surface area contributed by atoms with Gasteiger partial charge in [0.15, 0.2) is 12.4 Å². The van der Waals surface area contributed by atoms with E-state index in [-0.39, 0.29) is 72.6 Å². The van der Waals surface area contributed by atoms with Crippen LogP contribution in [0.2, 0.25) is 0 Å². The van der Waals surface area contributed by atoms with Gasteiger partial charge in [-0.25, -0.2) is 4.79 Å². The predicted molar refractivity (Wildman–Crippen MR) is 163 cm³/mol. The first-order valence-electron chi connectivity index (χ1n) is 16.0. The fourth-order valence-electron chi connectivity index (χ4n) is 8.87. The fourth-order valence-corrected chi connectivity index (χ4v) is 8.87. The second-order valence-electron chi connectivity index (χ2n) is 13.9. The maximum Gasteiger partial charge on any atom is 0.328 e. The van der Waals surface area contributed by atoms with Crippen LogP contribution in [-0.4, -0.2) is 70.8 Å². The van der Waals surface area contributed by atoms with E-state index in [1.807, 2.05) is 0 Å². The smallest absolute Gasteiger partial charge is 0.328 e. The van der Waals surface area contributed by atoms with Crippen molar-refractivity contribution < 1.29 is 48.5 Å². The second kappa shape index (κ2) is 12.7. The molecule has 11 heteroatoms. The van der Waals surface area contributed by atoms with Crippen LogP contribution in [-0.2, 0) is 44.7 Å². The van der Waals surface area contributed by atoms with E-state index in [1.165, 1.54) is 19.2 Å². The fraction of sp³-hybridized carbons (Fsp3) is 0.600. The number of aromatic hydroxyl groups is 1. The lowest BCUT2D eigenvalue weighted by Crippen LogP contribution is -2.61. The molecule has 5 rings (SSSR count). The predicted octanol–water partition coefficient (Wildman–Crippen LogP) is 2.93. The van der Waals surface area contributed by atoms with E-state index < -0.39 is 47.3 Å². The van der Waals surface area contributed by atoms with Crippen LogP contribution in [0.4, 0.5) is 0 Å². The molecule has 0 heterocycles. The standard InChI is InChI=1S/C35H43NO10/c1-33-14-12-23(38)17-21(33)6-9-24-25-13-15-35(44,34(25,2)18-27(39)31(24)33)28(40)19-46-30(42)11-10-29(41)36-26(32(43)45-3)16-20-4-7-22(37)8-5-20/h4-5,7-8,17,24-26,31,37,44H,6,9-16,18-19H2,1-3H3,(H,36,41)/t24-,25+,26+,31-,33+,34-,35+/m1/s1. The minimum absolute atomic E-state index is 0.00709. The van der Waals surface area contributed by atoms with Crippen LogP contribution in [0.5, 0.6) is 5.75 Å². The molecular weight excluding hydrogens is 594 g/mol. The largest absolute Gasteiger partial charge is 0.508 e. The molecule has 4 aliphatic carbocycles. The number of ketones is 3. The van der Waals surface area contributed by atoms with Crippen LogP contribution < -0.4 is 5.32 Å². The Morgan fingerprint density at radius 2 is 1.74 bits per heavy atom. The summed E-state index contributed by atoms with van der Waals surface area (Å²) in [5.74, 6) is -2.90. The molecule has 0 bridgehead atoms. The van der Waals surface area contributed by atoms with Crippen molar-refractivity contribution in [2.45, 2.75) is 89.7 Å². The number of hydrogen-bond acceptors (Lipinski definition) is 10. The number of ether oxygens (including phenoxy) is 2. The van der Waals surface area contributed by atoms with Crippen molar-refractivity contribution in [3.05, 3.63) is 41.5 Å². The van der Waals surface area contributed by atoms with Crippen molar-refractivity contribution in [1.82, 2.24) is 5.32 Å². The summed E-state index contributed by atoms with van der Waals surface area (Å²) in [6.07, 6.45) is 4.43. The lowest BCUT2D eigenvalue weighted by Gasteiger charge is -2.57. The number of amides is 1. The van der Waals surface area contributed by atoms with E-state index in [0.29, 0.717) is 24.8 Å². The quantitative estimate of drug-likeness (QED) is 0.324. The highest BCUT2D eigenvalue weighted by Gasteiger charge is 2.68. The van der Waals surface area contributed by atoms with Crippen molar-refractivity contribution in [2.75, 3.05) is 13.7 Å². The molecule has 4 aliphatic rings. The molecule has 0 radical (unpaired) electrons. The van der Waals surface area contributed by atoms with E-state index in [2.05, 4.69) is 12.2 Å². The summed E-state index contributed by atoms with van der Waals surface area (Å²) in [6, 6.07) is 5.11. The maximum atomic E-state index is 13.8. The third-order valence-electron chi connectivity index (χ3n) is 11.4. The van der Waals surface area contributed by atoms with E-state index in [4.69, 9.17) is 9.47 Å². The Hall–Kier alpha value is -3.86. The van der Waals surface area contributed by atoms with Crippen molar-refractivity contribution in [2.24, 2.45) is 28.6 Å². The highest BCUT2D eigenvalue weighted by Crippen LogP contribution is 2.66. The van der Waals surface area contributed by atoms with E-state index in [0.717, 1.165) is 18.4 Å². The topological polar surface area (TPSA) is 173 Å². The number of hydrogen-bond donors (Lipinski definition) is 3. The Bertz CT molecular complexity index is 1470. The van der Waals surface area contributed by atoms with E-state index >= 15 is 0 Å². The van der Waals surface area contributed by atoms with Gasteiger partial charge in [0, 0.05) is 37.0 Å². The summed E-state index contributed by atoms with van der Waals surface area (Å²) in [5, 5.41) is 23.8. The summed E-state index contributed by atoms with van der Waals surface area (Å²) < 4.78 is 9.98. The Kier molecular flexibility index (Phi) is 9.28. The molecule has 3 N–H and O–H groups in total. The lowest BCUT2D eigenvalue weighted by molar-refractivity contribution is -0.173. The summed E-state index contributed by atoms with van der Waals surface area (Å²) in [5.41, 5.74) is -1.50. The first-order valence-corrected chi connectivity index (χ1v) is 16.0. The maximum absolute atomic E-state index is 13.8. The monoisotopic (exact) mass is 637 g/mol. The molecule has 11 nitrogen and oxygen atoms in total. The van der Waals surface area contributed by atoms with Gasteiger partial charge in [-0.05, 0) is 73.1 Å². The van der Waals surface area contributed by atoms with Crippen LogP contribution in [0.15, 0.2) is 35.9 Å². The first kappa shape index (κ1) is 33.5. The van der Waals surface area contributed by atoms with E-state index in [1.54, 1.807) is 25.1 Å². The van der Waals surface area contributed by atoms with Gasteiger partial charge in [0.05, 0.1) is 13.5 Å². The van der Waals surface area contributed by atoms with Crippen molar-refractivity contribution in [3.8, 4) is 5.75 Å². The Balaban J connectivity index is 1.16. The van der Waals surface area contributed by atoms with Crippen LogP contribution in [0.25, 0.3) is 0 Å². The number of benzene rings is 1. The van der Waals surface area contributed by atoms with Gasteiger partial charge in [0.1, 0.15) is 23.2 Å². The average Bonchev–Trinajstić information content (AvgIpc) is 3.29. The minimum atomic E-state index is -1.84. The molecule has 0 aliphatic heterocycles. The highest BCUT2D eigenvalue weighted by molar-refractivity contribution is 5.95. The number of phenols is 1.